The van der Waals surface area contributed by atoms with Crippen LogP contribution in [0.15, 0.2) is 24.3 Å². The van der Waals surface area contributed by atoms with Crippen LogP contribution in [0.1, 0.15) is 44.6 Å². The molecule has 138 valence electrons. The number of H-pyrrole nitrogens is 1. The molecule has 0 unspecified atom stereocenters. The number of allylic oxidation sites excluding steroid dienone is 1. The maximum atomic E-state index is 12.6. The number of hydrogen-bond donors (Lipinski definition) is 1. The van der Waals surface area contributed by atoms with E-state index in [4.69, 9.17) is 14.2 Å². The number of ketones is 1. The van der Waals surface area contributed by atoms with Crippen LogP contribution in [0.5, 0.6) is 11.5 Å². The van der Waals surface area contributed by atoms with Gasteiger partial charge in [0.05, 0.1) is 32.1 Å². The molecule has 1 heterocycles. The number of carbonyl (C=O) groups is 2. The Labute approximate surface area is 152 Å². The molecule has 1 aromatic carbocycles. The summed E-state index contributed by atoms with van der Waals surface area (Å²) < 4.78 is 15.7. The van der Waals surface area contributed by atoms with Crippen molar-refractivity contribution in [1.82, 2.24) is 4.98 Å². The molecule has 1 aromatic heterocycles. The first kappa shape index (κ1) is 19.3. The van der Waals surface area contributed by atoms with Gasteiger partial charge in [0.25, 0.3) is 0 Å². The number of esters is 1. The molecule has 0 spiro atoms. The van der Waals surface area contributed by atoms with Crippen LogP contribution in [0.25, 0.3) is 6.08 Å². The van der Waals surface area contributed by atoms with Gasteiger partial charge in [-0.2, -0.15) is 0 Å². The van der Waals surface area contributed by atoms with E-state index in [1.807, 2.05) is 12.1 Å². The van der Waals surface area contributed by atoms with Crippen molar-refractivity contribution in [3.8, 4) is 11.5 Å². The van der Waals surface area contributed by atoms with Crippen molar-refractivity contribution in [2.45, 2.75) is 20.8 Å². The molecule has 0 bridgehead atoms. The number of benzene rings is 1. The summed E-state index contributed by atoms with van der Waals surface area (Å²) in [6, 6.07) is 5.42. The van der Waals surface area contributed by atoms with E-state index in [-0.39, 0.29) is 12.4 Å². The van der Waals surface area contributed by atoms with Gasteiger partial charge in [-0.15, -0.1) is 0 Å². The molecule has 0 aliphatic rings. The van der Waals surface area contributed by atoms with Crippen LogP contribution in [0.3, 0.4) is 0 Å². The van der Waals surface area contributed by atoms with Crippen molar-refractivity contribution < 1.29 is 23.8 Å². The van der Waals surface area contributed by atoms with Crippen molar-refractivity contribution in [3.63, 3.8) is 0 Å². The quantitative estimate of drug-likeness (QED) is 0.464. The number of aromatic nitrogens is 1. The second-order valence-corrected chi connectivity index (χ2v) is 5.63. The van der Waals surface area contributed by atoms with Gasteiger partial charge in [0.15, 0.2) is 11.5 Å². The number of aryl methyl sites for hydroxylation is 1. The van der Waals surface area contributed by atoms with Gasteiger partial charge in [-0.3, -0.25) is 4.79 Å². The fourth-order valence-electron chi connectivity index (χ4n) is 2.80. The summed E-state index contributed by atoms with van der Waals surface area (Å²) >= 11 is 0. The Balaban J connectivity index is 2.33. The summed E-state index contributed by atoms with van der Waals surface area (Å²) in [4.78, 5) is 27.6. The molecule has 0 atom stereocenters. The minimum absolute atomic E-state index is 0.244. The third kappa shape index (κ3) is 3.79. The predicted octanol–water partition coefficient (Wildman–Crippen LogP) is 3.72. The summed E-state index contributed by atoms with van der Waals surface area (Å²) in [7, 11) is 3.10. The van der Waals surface area contributed by atoms with Crippen LogP contribution in [0.4, 0.5) is 0 Å². The highest BCUT2D eigenvalue weighted by atomic mass is 16.5. The third-order valence-corrected chi connectivity index (χ3v) is 4.01. The van der Waals surface area contributed by atoms with Crippen LogP contribution < -0.4 is 9.47 Å². The lowest BCUT2D eigenvalue weighted by molar-refractivity contribution is 0.0525. The molecule has 6 nitrogen and oxygen atoms in total. The first-order valence-electron chi connectivity index (χ1n) is 8.24. The monoisotopic (exact) mass is 357 g/mol. The molecule has 0 saturated carbocycles. The second-order valence-electron chi connectivity index (χ2n) is 5.63. The molecule has 0 radical (unpaired) electrons. The Kier molecular flexibility index (Phi) is 6.22. The van der Waals surface area contributed by atoms with E-state index in [0.29, 0.717) is 39.6 Å². The average molecular weight is 357 g/mol. The zero-order valence-corrected chi connectivity index (χ0v) is 15.6. The highest BCUT2D eigenvalue weighted by molar-refractivity contribution is 6.09. The van der Waals surface area contributed by atoms with Gasteiger partial charge in [0, 0.05) is 11.3 Å². The average Bonchev–Trinajstić information content (AvgIpc) is 2.93. The smallest absolute Gasteiger partial charge is 0.340 e. The van der Waals surface area contributed by atoms with E-state index < -0.39 is 5.97 Å². The Hall–Kier alpha value is -3.02. The molecule has 0 fully saturated rings. The molecule has 2 rings (SSSR count). The zero-order chi connectivity index (χ0) is 19.3. The van der Waals surface area contributed by atoms with E-state index in [1.165, 1.54) is 6.08 Å². The van der Waals surface area contributed by atoms with Gasteiger partial charge >= 0.3 is 5.97 Å². The maximum Gasteiger partial charge on any atom is 0.340 e. The van der Waals surface area contributed by atoms with Crippen molar-refractivity contribution in [2.24, 2.45) is 0 Å². The maximum absolute atomic E-state index is 12.6. The molecule has 26 heavy (non-hydrogen) atoms. The third-order valence-electron chi connectivity index (χ3n) is 4.01. The topological polar surface area (TPSA) is 77.6 Å². The number of ether oxygens (including phenoxy) is 3. The summed E-state index contributed by atoms with van der Waals surface area (Å²) in [6.07, 6.45) is 3.09. The van der Waals surface area contributed by atoms with Gasteiger partial charge in [0.1, 0.15) is 0 Å². The molecule has 0 aliphatic heterocycles. The van der Waals surface area contributed by atoms with E-state index >= 15 is 0 Å². The number of carbonyl (C=O) groups excluding carboxylic acids is 2. The lowest BCUT2D eigenvalue weighted by atomic mass is 10.1. The molecule has 6 heteroatoms. The second kappa shape index (κ2) is 8.38. The van der Waals surface area contributed by atoms with E-state index in [1.54, 1.807) is 47.1 Å². The summed E-state index contributed by atoms with van der Waals surface area (Å²) in [5.74, 6) is 0.450. The van der Waals surface area contributed by atoms with E-state index in [0.717, 1.165) is 0 Å². The van der Waals surface area contributed by atoms with Crippen molar-refractivity contribution in [1.29, 1.82) is 0 Å². The number of aromatic amines is 1. The normalized spacial score (nSPS) is 10.8. The fraction of sp³-hybridized carbons (Fsp3) is 0.300. The van der Waals surface area contributed by atoms with Crippen molar-refractivity contribution >= 4 is 17.8 Å². The Morgan fingerprint density at radius 3 is 2.50 bits per heavy atom. The number of para-hydroxylation sites is 1. The summed E-state index contributed by atoms with van der Waals surface area (Å²) in [6.45, 7) is 5.49. The number of rotatable bonds is 7. The molecule has 1 N–H and O–H groups in total. The first-order chi connectivity index (χ1) is 12.4. The summed E-state index contributed by atoms with van der Waals surface area (Å²) in [5.41, 5.74) is 2.67. The number of nitrogens with one attached hydrogen (secondary N) is 1. The largest absolute Gasteiger partial charge is 0.493 e. The van der Waals surface area contributed by atoms with Gasteiger partial charge in [-0.05, 0) is 44.6 Å². The molecule has 0 saturated heterocycles. The lowest BCUT2D eigenvalue weighted by Gasteiger charge is -2.09. The summed E-state index contributed by atoms with van der Waals surface area (Å²) in [5, 5.41) is 0. The van der Waals surface area contributed by atoms with Crippen LogP contribution in [0, 0.1) is 13.8 Å². The Morgan fingerprint density at radius 2 is 1.88 bits per heavy atom. The highest BCUT2D eigenvalue weighted by Crippen LogP contribution is 2.31. The highest BCUT2D eigenvalue weighted by Gasteiger charge is 2.21. The minimum atomic E-state index is -0.434. The minimum Gasteiger partial charge on any atom is -0.493 e. The zero-order valence-electron chi connectivity index (χ0n) is 15.6. The van der Waals surface area contributed by atoms with Crippen LogP contribution in [-0.2, 0) is 4.74 Å². The predicted molar refractivity (Wildman–Crippen MR) is 99.1 cm³/mol. The van der Waals surface area contributed by atoms with Crippen molar-refractivity contribution in [2.75, 3.05) is 20.8 Å². The van der Waals surface area contributed by atoms with Gasteiger partial charge in [0.2, 0.25) is 5.78 Å². The first-order valence-corrected chi connectivity index (χ1v) is 8.24. The lowest BCUT2D eigenvalue weighted by Crippen LogP contribution is -2.07. The Bertz CT molecular complexity index is 848. The van der Waals surface area contributed by atoms with E-state index in [2.05, 4.69) is 4.98 Å². The Morgan fingerprint density at radius 1 is 1.15 bits per heavy atom. The van der Waals surface area contributed by atoms with Crippen molar-refractivity contribution in [3.05, 3.63) is 52.4 Å². The van der Waals surface area contributed by atoms with E-state index in [9.17, 15) is 9.59 Å². The molecular formula is C20H23NO5. The number of hydrogen-bond acceptors (Lipinski definition) is 5. The SMILES string of the molecule is CCOC(=O)c1c(C)[nH]c(C(=O)/C=C/c2cccc(OC)c2OC)c1C. The molecule has 0 amide bonds. The van der Waals surface area contributed by atoms with Gasteiger partial charge < -0.3 is 19.2 Å². The standard InChI is InChI=1S/C20H23NO5/c1-6-26-20(23)17-12(2)18(21-13(17)3)15(22)11-10-14-8-7-9-16(24-4)19(14)25-5/h7-11,21H,6H2,1-5H3/b11-10+. The fourth-order valence-corrected chi connectivity index (χ4v) is 2.80. The van der Waals surface area contributed by atoms with Crippen LogP contribution in [0.2, 0.25) is 0 Å². The number of methoxy groups -OCH3 is 2. The van der Waals surface area contributed by atoms with Crippen LogP contribution >= 0.6 is 0 Å². The molecule has 2 aromatic rings. The molecular weight excluding hydrogens is 334 g/mol. The van der Waals surface area contributed by atoms with Gasteiger partial charge in [-0.25, -0.2) is 4.79 Å². The van der Waals surface area contributed by atoms with Gasteiger partial charge in [-0.1, -0.05) is 12.1 Å². The molecule has 0 aliphatic carbocycles. The van der Waals surface area contributed by atoms with Crippen LogP contribution in [-0.4, -0.2) is 37.6 Å².